The number of hydrogen-bond acceptors (Lipinski definition) is 6. The average molecular weight is 482 g/mol. The maximum Gasteiger partial charge on any atom is 0.295 e. The van der Waals surface area contributed by atoms with Crippen molar-refractivity contribution in [1.82, 2.24) is 4.90 Å². The zero-order chi connectivity index (χ0) is 25.8. The van der Waals surface area contributed by atoms with E-state index in [1.54, 1.807) is 26.4 Å². The fraction of sp³-hybridized carbons (Fsp3) is 0.429. The molecule has 0 aromatic heterocycles. The lowest BCUT2D eigenvalue weighted by atomic mass is 9.84. The molecule has 1 heterocycles. The number of hydrogen-bond donors (Lipinski definition) is 1. The smallest absolute Gasteiger partial charge is 0.295 e. The standard InChI is InChI=1S/C28H35NO6/c1-7-35-20-11-8-10-18(16-20)24-23(26(31)27(32)29(24)14-9-15-33-5)25(30)19-12-13-22(34-6)21(17-19)28(2,3)4/h8,10-13,16-17,24,30H,7,9,14-15H2,1-6H3/b25-23+. The van der Waals surface area contributed by atoms with Gasteiger partial charge in [-0.3, -0.25) is 9.59 Å². The van der Waals surface area contributed by atoms with E-state index >= 15 is 0 Å². The molecule has 7 nitrogen and oxygen atoms in total. The molecule has 35 heavy (non-hydrogen) atoms. The molecule has 0 saturated carbocycles. The molecule has 1 unspecified atom stereocenters. The first kappa shape index (κ1) is 26.3. The van der Waals surface area contributed by atoms with Gasteiger partial charge in [-0.1, -0.05) is 32.9 Å². The largest absolute Gasteiger partial charge is 0.507 e. The summed E-state index contributed by atoms with van der Waals surface area (Å²) in [7, 11) is 3.19. The number of carbonyl (C=O) groups is 2. The maximum absolute atomic E-state index is 13.3. The van der Waals surface area contributed by atoms with E-state index in [4.69, 9.17) is 14.2 Å². The van der Waals surface area contributed by atoms with Crippen LogP contribution in [-0.4, -0.2) is 55.7 Å². The zero-order valence-corrected chi connectivity index (χ0v) is 21.4. The number of ketones is 1. The van der Waals surface area contributed by atoms with E-state index in [2.05, 4.69) is 0 Å². The van der Waals surface area contributed by atoms with Crippen LogP contribution in [0.15, 0.2) is 48.0 Å². The summed E-state index contributed by atoms with van der Waals surface area (Å²) < 4.78 is 16.3. The van der Waals surface area contributed by atoms with Crippen LogP contribution < -0.4 is 9.47 Å². The third kappa shape index (κ3) is 5.51. The van der Waals surface area contributed by atoms with Gasteiger partial charge in [0.15, 0.2) is 0 Å². The highest BCUT2D eigenvalue weighted by Crippen LogP contribution is 2.41. The number of carbonyl (C=O) groups excluding carboxylic acids is 2. The van der Waals surface area contributed by atoms with E-state index < -0.39 is 17.7 Å². The minimum Gasteiger partial charge on any atom is -0.507 e. The maximum atomic E-state index is 13.3. The normalized spacial score (nSPS) is 17.7. The molecule has 0 aliphatic carbocycles. The fourth-order valence-corrected chi connectivity index (χ4v) is 4.37. The summed E-state index contributed by atoms with van der Waals surface area (Å²) in [6, 6.07) is 11.8. The van der Waals surface area contributed by atoms with Crippen molar-refractivity contribution in [3.8, 4) is 11.5 Å². The van der Waals surface area contributed by atoms with Crippen LogP contribution in [0.1, 0.15) is 56.8 Å². The number of rotatable bonds is 9. The Morgan fingerprint density at radius 2 is 1.83 bits per heavy atom. The molecule has 1 aliphatic rings. The van der Waals surface area contributed by atoms with Crippen molar-refractivity contribution in [2.75, 3.05) is 34.0 Å². The second-order valence-corrected chi connectivity index (χ2v) is 9.51. The Balaban J connectivity index is 2.19. The van der Waals surface area contributed by atoms with Gasteiger partial charge in [0, 0.05) is 31.4 Å². The van der Waals surface area contributed by atoms with Gasteiger partial charge in [-0.15, -0.1) is 0 Å². The molecule has 0 spiro atoms. The van der Waals surface area contributed by atoms with Gasteiger partial charge >= 0.3 is 0 Å². The Morgan fingerprint density at radius 3 is 2.46 bits per heavy atom. The third-order valence-electron chi connectivity index (χ3n) is 6.05. The van der Waals surface area contributed by atoms with Crippen LogP contribution in [0.5, 0.6) is 11.5 Å². The van der Waals surface area contributed by atoms with Gasteiger partial charge in [0.2, 0.25) is 0 Å². The van der Waals surface area contributed by atoms with Crippen molar-refractivity contribution < 1.29 is 28.9 Å². The van der Waals surface area contributed by atoms with E-state index in [1.165, 1.54) is 4.90 Å². The summed E-state index contributed by atoms with van der Waals surface area (Å²) in [5.74, 6) is -0.238. The number of aliphatic hydroxyl groups excluding tert-OH is 1. The number of benzene rings is 2. The van der Waals surface area contributed by atoms with Gasteiger partial charge in [-0.2, -0.15) is 0 Å². The Kier molecular flexibility index (Phi) is 8.22. The summed E-state index contributed by atoms with van der Waals surface area (Å²) in [6.07, 6.45) is 0.557. The predicted molar refractivity (Wildman–Crippen MR) is 135 cm³/mol. The molecule has 7 heteroatoms. The van der Waals surface area contributed by atoms with Gasteiger partial charge in [0.25, 0.3) is 11.7 Å². The van der Waals surface area contributed by atoms with Crippen LogP contribution >= 0.6 is 0 Å². The highest BCUT2D eigenvalue weighted by molar-refractivity contribution is 6.46. The number of Topliss-reactive ketones (excluding diaryl/α,β-unsaturated/α-hetero) is 1. The van der Waals surface area contributed by atoms with Crippen LogP contribution in [0.25, 0.3) is 5.76 Å². The predicted octanol–water partition coefficient (Wildman–Crippen LogP) is 4.85. The van der Waals surface area contributed by atoms with Gasteiger partial charge < -0.3 is 24.2 Å². The highest BCUT2D eigenvalue weighted by Gasteiger charge is 2.46. The van der Waals surface area contributed by atoms with Crippen molar-refractivity contribution in [3.63, 3.8) is 0 Å². The van der Waals surface area contributed by atoms with Crippen LogP contribution in [-0.2, 0) is 19.7 Å². The van der Waals surface area contributed by atoms with Gasteiger partial charge in [-0.05, 0) is 54.7 Å². The summed E-state index contributed by atoms with van der Waals surface area (Å²) in [5, 5.41) is 11.4. The number of methoxy groups -OCH3 is 2. The molecule has 1 amide bonds. The van der Waals surface area contributed by atoms with E-state index in [-0.39, 0.29) is 16.7 Å². The molecule has 1 fully saturated rings. The topological polar surface area (TPSA) is 85.3 Å². The summed E-state index contributed by atoms with van der Waals surface area (Å²) in [5.41, 5.74) is 1.83. The van der Waals surface area contributed by atoms with E-state index in [0.29, 0.717) is 48.8 Å². The van der Waals surface area contributed by atoms with Crippen LogP contribution in [0.4, 0.5) is 0 Å². The second kappa shape index (κ2) is 11.0. The molecular weight excluding hydrogens is 446 g/mol. The second-order valence-electron chi connectivity index (χ2n) is 9.51. The molecule has 1 aliphatic heterocycles. The highest BCUT2D eigenvalue weighted by atomic mass is 16.5. The number of ether oxygens (including phenoxy) is 3. The van der Waals surface area contributed by atoms with Crippen LogP contribution in [0, 0.1) is 0 Å². The Morgan fingerprint density at radius 1 is 1.09 bits per heavy atom. The molecule has 2 aromatic carbocycles. The van der Waals surface area contributed by atoms with E-state index in [9.17, 15) is 14.7 Å². The summed E-state index contributed by atoms with van der Waals surface area (Å²) >= 11 is 0. The molecule has 0 radical (unpaired) electrons. The van der Waals surface area contributed by atoms with Crippen molar-refractivity contribution in [3.05, 3.63) is 64.7 Å². The number of nitrogens with zero attached hydrogens (tertiary/aromatic N) is 1. The Labute approximate surface area is 207 Å². The fourth-order valence-electron chi connectivity index (χ4n) is 4.37. The van der Waals surface area contributed by atoms with Crippen molar-refractivity contribution in [1.29, 1.82) is 0 Å². The number of aliphatic hydroxyl groups is 1. The van der Waals surface area contributed by atoms with Gasteiger partial charge in [0.05, 0.1) is 25.3 Å². The van der Waals surface area contributed by atoms with Crippen molar-refractivity contribution in [2.45, 2.75) is 45.6 Å². The molecule has 2 aromatic rings. The van der Waals surface area contributed by atoms with Crippen molar-refractivity contribution in [2.24, 2.45) is 0 Å². The SMILES string of the molecule is CCOc1cccc(C2/C(=C(\O)c3ccc(OC)c(C(C)(C)C)c3)C(=O)C(=O)N2CCCOC)c1. The number of likely N-dealkylation sites (tertiary alicyclic amines) is 1. The molecule has 3 rings (SSSR count). The number of amides is 1. The van der Waals surface area contributed by atoms with E-state index in [1.807, 2.05) is 58.0 Å². The quantitative estimate of drug-likeness (QED) is 0.239. The summed E-state index contributed by atoms with van der Waals surface area (Å²) in [6.45, 7) is 9.27. The van der Waals surface area contributed by atoms with Crippen molar-refractivity contribution >= 4 is 17.4 Å². The first-order valence-electron chi connectivity index (χ1n) is 11.8. The molecule has 1 N–H and O–H groups in total. The lowest BCUT2D eigenvalue weighted by Crippen LogP contribution is -2.31. The Bertz CT molecular complexity index is 1110. The molecule has 1 atom stereocenters. The average Bonchev–Trinajstić information content (AvgIpc) is 3.08. The van der Waals surface area contributed by atoms with Gasteiger partial charge in [-0.25, -0.2) is 0 Å². The summed E-state index contributed by atoms with van der Waals surface area (Å²) in [4.78, 5) is 27.9. The van der Waals surface area contributed by atoms with Crippen LogP contribution in [0.3, 0.4) is 0 Å². The lowest BCUT2D eigenvalue weighted by molar-refractivity contribution is -0.140. The first-order valence-corrected chi connectivity index (χ1v) is 11.8. The molecule has 1 saturated heterocycles. The third-order valence-corrected chi connectivity index (χ3v) is 6.05. The molecule has 0 bridgehead atoms. The first-order chi connectivity index (χ1) is 16.6. The van der Waals surface area contributed by atoms with Gasteiger partial charge in [0.1, 0.15) is 17.3 Å². The Hall–Kier alpha value is -3.32. The minimum atomic E-state index is -0.743. The molecular formula is C28H35NO6. The zero-order valence-electron chi connectivity index (χ0n) is 21.4. The molecule has 188 valence electrons. The van der Waals surface area contributed by atoms with Crippen LogP contribution in [0.2, 0.25) is 0 Å². The van der Waals surface area contributed by atoms with E-state index in [0.717, 1.165) is 5.56 Å². The minimum absolute atomic E-state index is 0.0612. The lowest BCUT2D eigenvalue weighted by Gasteiger charge is -2.26. The monoisotopic (exact) mass is 481 g/mol.